The number of aromatic amines is 1. The predicted octanol–water partition coefficient (Wildman–Crippen LogP) is 2.72. The zero-order chi connectivity index (χ0) is 13.0. The van der Waals surface area contributed by atoms with Gasteiger partial charge in [-0.3, -0.25) is 0 Å². The zero-order valence-electron chi connectivity index (χ0n) is 10.2. The number of rotatable bonds is 0. The number of anilines is 2. The number of fused-ring (bicyclic) bond motifs is 1. The van der Waals surface area contributed by atoms with Crippen LogP contribution in [0.5, 0.6) is 0 Å². The van der Waals surface area contributed by atoms with Crippen LogP contribution in [0, 0.1) is 6.92 Å². The summed E-state index contributed by atoms with van der Waals surface area (Å²) in [5.41, 5.74) is 14.2. The first-order valence-corrected chi connectivity index (χ1v) is 5.68. The Labute approximate surface area is 106 Å². The summed E-state index contributed by atoms with van der Waals surface area (Å²) < 4.78 is 0. The molecule has 3 rings (SSSR count). The first-order valence-electron chi connectivity index (χ1n) is 5.68. The quantitative estimate of drug-likeness (QED) is 0.528. The van der Waals surface area contributed by atoms with E-state index < -0.39 is 0 Å². The Bertz CT molecular complexity index is 589. The molecule has 5 N–H and O–H groups in total. The van der Waals surface area contributed by atoms with Gasteiger partial charge >= 0.3 is 0 Å². The van der Waals surface area contributed by atoms with E-state index in [0.29, 0.717) is 11.4 Å². The number of imidazole rings is 1. The fourth-order valence-electron chi connectivity index (χ4n) is 1.59. The van der Waals surface area contributed by atoms with Gasteiger partial charge in [-0.1, -0.05) is 24.3 Å². The maximum atomic E-state index is 5.39. The van der Waals surface area contributed by atoms with E-state index >= 15 is 0 Å². The van der Waals surface area contributed by atoms with Gasteiger partial charge in [0.1, 0.15) is 5.82 Å². The molecule has 0 atom stereocenters. The van der Waals surface area contributed by atoms with Crippen LogP contribution in [0.2, 0.25) is 0 Å². The highest BCUT2D eigenvalue weighted by molar-refractivity contribution is 5.74. The van der Waals surface area contributed by atoms with Crippen molar-refractivity contribution in [2.45, 2.75) is 6.92 Å². The molecule has 4 heteroatoms. The van der Waals surface area contributed by atoms with Gasteiger partial charge in [-0.05, 0) is 31.2 Å². The zero-order valence-corrected chi connectivity index (χ0v) is 10.2. The van der Waals surface area contributed by atoms with Crippen LogP contribution in [0.25, 0.3) is 11.0 Å². The number of nitrogens with zero attached hydrogens (tertiary/aromatic N) is 1. The number of hydrogen-bond donors (Lipinski definition) is 3. The third-order valence-electron chi connectivity index (χ3n) is 2.50. The SMILES string of the molecule is Cc1nc2ccccc2[nH]1.Nc1ccccc1N. The lowest BCUT2D eigenvalue weighted by molar-refractivity contribution is 1.17. The minimum Gasteiger partial charge on any atom is -0.397 e. The van der Waals surface area contributed by atoms with E-state index in [4.69, 9.17) is 11.5 Å². The van der Waals surface area contributed by atoms with Crippen molar-refractivity contribution >= 4 is 22.4 Å². The van der Waals surface area contributed by atoms with Gasteiger partial charge < -0.3 is 16.5 Å². The summed E-state index contributed by atoms with van der Waals surface area (Å²) in [6, 6.07) is 15.3. The summed E-state index contributed by atoms with van der Waals surface area (Å²) in [6.45, 7) is 1.96. The predicted molar refractivity (Wildman–Crippen MR) is 76.1 cm³/mol. The van der Waals surface area contributed by atoms with Crippen LogP contribution in [0.15, 0.2) is 48.5 Å². The highest BCUT2D eigenvalue weighted by atomic mass is 14.9. The normalized spacial score (nSPS) is 9.83. The number of hydrogen-bond acceptors (Lipinski definition) is 3. The van der Waals surface area contributed by atoms with Gasteiger partial charge in [0, 0.05) is 0 Å². The molecule has 0 amide bonds. The van der Waals surface area contributed by atoms with Crippen molar-refractivity contribution in [3.05, 3.63) is 54.4 Å². The topological polar surface area (TPSA) is 80.7 Å². The molecular formula is C14H16N4. The molecular weight excluding hydrogens is 224 g/mol. The fraction of sp³-hybridized carbons (Fsp3) is 0.0714. The van der Waals surface area contributed by atoms with E-state index in [1.165, 1.54) is 0 Å². The van der Waals surface area contributed by atoms with Gasteiger partial charge in [0.05, 0.1) is 22.4 Å². The number of aromatic nitrogens is 2. The average Bonchev–Trinajstić information content (AvgIpc) is 2.74. The van der Waals surface area contributed by atoms with Crippen molar-refractivity contribution in [2.75, 3.05) is 11.5 Å². The number of aryl methyl sites for hydroxylation is 1. The number of nitrogen functional groups attached to an aromatic ring is 2. The number of para-hydroxylation sites is 4. The Hall–Kier alpha value is -2.49. The van der Waals surface area contributed by atoms with Crippen LogP contribution in [-0.4, -0.2) is 9.97 Å². The van der Waals surface area contributed by atoms with Crippen LogP contribution in [0.3, 0.4) is 0 Å². The van der Waals surface area contributed by atoms with Crippen LogP contribution in [0.1, 0.15) is 5.82 Å². The third-order valence-corrected chi connectivity index (χ3v) is 2.50. The Kier molecular flexibility index (Phi) is 3.48. The van der Waals surface area contributed by atoms with E-state index in [0.717, 1.165) is 16.9 Å². The molecule has 0 unspecified atom stereocenters. The van der Waals surface area contributed by atoms with Crippen molar-refractivity contribution in [3.63, 3.8) is 0 Å². The molecule has 0 fully saturated rings. The molecule has 2 aromatic carbocycles. The van der Waals surface area contributed by atoms with Crippen molar-refractivity contribution in [1.29, 1.82) is 0 Å². The molecule has 92 valence electrons. The lowest BCUT2D eigenvalue weighted by atomic mass is 10.3. The van der Waals surface area contributed by atoms with Gasteiger partial charge in [-0.15, -0.1) is 0 Å². The summed E-state index contributed by atoms with van der Waals surface area (Å²) in [4.78, 5) is 7.40. The Morgan fingerprint density at radius 1 is 0.889 bits per heavy atom. The van der Waals surface area contributed by atoms with Crippen LogP contribution < -0.4 is 11.5 Å². The molecule has 0 radical (unpaired) electrons. The van der Waals surface area contributed by atoms with Gasteiger partial charge in [-0.25, -0.2) is 4.98 Å². The number of nitrogens with one attached hydrogen (secondary N) is 1. The largest absolute Gasteiger partial charge is 0.397 e. The lowest BCUT2D eigenvalue weighted by Crippen LogP contribution is -1.91. The van der Waals surface area contributed by atoms with E-state index in [-0.39, 0.29) is 0 Å². The van der Waals surface area contributed by atoms with E-state index in [1.54, 1.807) is 12.1 Å². The van der Waals surface area contributed by atoms with Gasteiger partial charge in [0.2, 0.25) is 0 Å². The second kappa shape index (κ2) is 5.23. The Morgan fingerprint density at radius 3 is 2.00 bits per heavy atom. The summed E-state index contributed by atoms with van der Waals surface area (Å²) in [6.07, 6.45) is 0. The maximum absolute atomic E-state index is 5.39. The standard InChI is InChI=1S/C8H8N2.C6H8N2/c1-6-9-7-4-2-3-5-8(7)10-6;7-5-3-1-2-4-6(5)8/h2-5H,1H3,(H,9,10);1-4H,7-8H2. The molecule has 0 saturated heterocycles. The molecule has 0 bridgehead atoms. The molecule has 0 aliphatic carbocycles. The first-order chi connectivity index (χ1) is 8.66. The number of benzene rings is 2. The molecule has 3 aromatic rings. The molecule has 18 heavy (non-hydrogen) atoms. The first kappa shape index (κ1) is 12.0. The summed E-state index contributed by atoms with van der Waals surface area (Å²) in [5.74, 6) is 0.973. The van der Waals surface area contributed by atoms with E-state index in [2.05, 4.69) is 9.97 Å². The highest BCUT2D eigenvalue weighted by Crippen LogP contribution is 2.10. The van der Waals surface area contributed by atoms with Crippen molar-refractivity contribution in [2.24, 2.45) is 0 Å². The molecule has 4 nitrogen and oxygen atoms in total. The summed E-state index contributed by atoms with van der Waals surface area (Å²) >= 11 is 0. The van der Waals surface area contributed by atoms with Crippen molar-refractivity contribution in [1.82, 2.24) is 9.97 Å². The van der Waals surface area contributed by atoms with Crippen LogP contribution >= 0.6 is 0 Å². The monoisotopic (exact) mass is 240 g/mol. The fourth-order valence-corrected chi connectivity index (χ4v) is 1.59. The van der Waals surface area contributed by atoms with Crippen LogP contribution in [-0.2, 0) is 0 Å². The Balaban J connectivity index is 0.000000138. The second-order valence-electron chi connectivity index (χ2n) is 3.97. The highest BCUT2D eigenvalue weighted by Gasteiger charge is 1.94. The average molecular weight is 240 g/mol. The smallest absolute Gasteiger partial charge is 0.104 e. The van der Waals surface area contributed by atoms with E-state index in [1.807, 2.05) is 43.3 Å². The molecule has 1 aromatic heterocycles. The Morgan fingerprint density at radius 2 is 1.44 bits per heavy atom. The number of H-pyrrole nitrogens is 1. The minimum absolute atomic E-state index is 0.646. The van der Waals surface area contributed by atoms with Gasteiger partial charge in [-0.2, -0.15) is 0 Å². The number of nitrogens with two attached hydrogens (primary N) is 2. The summed E-state index contributed by atoms with van der Waals surface area (Å²) in [7, 11) is 0. The molecule has 0 saturated carbocycles. The minimum atomic E-state index is 0.646. The lowest BCUT2D eigenvalue weighted by Gasteiger charge is -1.94. The molecule has 0 spiro atoms. The molecule has 0 aliphatic rings. The van der Waals surface area contributed by atoms with Crippen LogP contribution in [0.4, 0.5) is 11.4 Å². The third kappa shape index (κ3) is 2.79. The summed E-state index contributed by atoms with van der Waals surface area (Å²) in [5, 5.41) is 0. The van der Waals surface area contributed by atoms with E-state index in [9.17, 15) is 0 Å². The van der Waals surface area contributed by atoms with Crippen molar-refractivity contribution < 1.29 is 0 Å². The molecule has 1 heterocycles. The molecule has 0 aliphatic heterocycles. The second-order valence-corrected chi connectivity index (χ2v) is 3.97. The maximum Gasteiger partial charge on any atom is 0.104 e. The van der Waals surface area contributed by atoms with Gasteiger partial charge in [0.15, 0.2) is 0 Å². The van der Waals surface area contributed by atoms with Crippen molar-refractivity contribution in [3.8, 4) is 0 Å². The van der Waals surface area contributed by atoms with Gasteiger partial charge in [0.25, 0.3) is 0 Å².